The van der Waals surface area contributed by atoms with Crippen molar-refractivity contribution in [3.63, 3.8) is 0 Å². The number of rotatable bonds is 4. The molecule has 1 aliphatic rings. The fraction of sp³-hybridized carbons (Fsp3) is 0.562. The summed E-state index contributed by atoms with van der Waals surface area (Å²) in [5.74, 6) is 0.682. The maximum absolute atomic E-state index is 12.4. The number of hydrogen-bond donors (Lipinski definition) is 1. The number of para-hydroxylation sites is 1. The van der Waals surface area contributed by atoms with Gasteiger partial charge in [0.05, 0.1) is 0 Å². The summed E-state index contributed by atoms with van der Waals surface area (Å²) in [6, 6.07) is 8.20. The fourth-order valence-corrected chi connectivity index (χ4v) is 2.84. The van der Waals surface area contributed by atoms with Crippen LogP contribution in [0.15, 0.2) is 24.3 Å². The van der Waals surface area contributed by atoms with Gasteiger partial charge in [0.2, 0.25) is 5.91 Å². The summed E-state index contributed by atoms with van der Waals surface area (Å²) in [7, 11) is 0. The Hall–Kier alpha value is -1.35. The van der Waals surface area contributed by atoms with Gasteiger partial charge in [-0.25, -0.2) is 0 Å². The monoisotopic (exact) mass is 260 g/mol. The van der Waals surface area contributed by atoms with Gasteiger partial charge < -0.3 is 10.6 Å². The Morgan fingerprint density at radius 1 is 1.47 bits per heavy atom. The lowest BCUT2D eigenvalue weighted by molar-refractivity contribution is -0.119. The number of benzene rings is 1. The highest BCUT2D eigenvalue weighted by atomic mass is 16.2. The van der Waals surface area contributed by atoms with Crippen molar-refractivity contribution < 1.29 is 4.79 Å². The third-order valence-electron chi connectivity index (χ3n) is 3.74. The van der Waals surface area contributed by atoms with E-state index >= 15 is 0 Å². The van der Waals surface area contributed by atoms with Crippen molar-refractivity contribution in [1.29, 1.82) is 0 Å². The van der Waals surface area contributed by atoms with Crippen LogP contribution < -0.4 is 10.6 Å². The Bertz CT molecular complexity index is 444. The lowest BCUT2D eigenvalue weighted by atomic mass is 9.93. The molecule has 1 heterocycles. The second-order valence-electron chi connectivity index (χ2n) is 5.70. The summed E-state index contributed by atoms with van der Waals surface area (Å²) in [4.78, 5) is 14.4. The lowest BCUT2D eigenvalue weighted by Crippen LogP contribution is -2.41. The zero-order chi connectivity index (χ0) is 13.8. The Kier molecular flexibility index (Phi) is 4.59. The molecule has 0 radical (unpaired) electrons. The molecule has 1 amide bonds. The predicted molar refractivity (Wildman–Crippen MR) is 79.2 cm³/mol. The molecule has 0 aliphatic carbocycles. The molecule has 2 N–H and O–H groups in total. The summed E-state index contributed by atoms with van der Waals surface area (Å²) in [5.41, 5.74) is 8.35. The van der Waals surface area contributed by atoms with E-state index in [0.717, 1.165) is 31.5 Å². The van der Waals surface area contributed by atoms with E-state index in [0.29, 0.717) is 12.3 Å². The van der Waals surface area contributed by atoms with Gasteiger partial charge in [-0.2, -0.15) is 0 Å². The Balaban J connectivity index is 2.13. The van der Waals surface area contributed by atoms with Gasteiger partial charge in [-0.1, -0.05) is 38.5 Å². The second-order valence-corrected chi connectivity index (χ2v) is 5.70. The molecule has 19 heavy (non-hydrogen) atoms. The van der Waals surface area contributed by atoms with Crippen LogP contribution in [0.5, 0.6) is 0 Å². The molecule has 2 atom stereocenters. The highest BCUT2D eigenvalue weighted by Crippen LogP contribution is 2.30. The minimum absolute atomic E-state index is 0.0121. The van der Waals surface area contributed by atoms with E-state index in [9.17, 15) is 4.79 Å². The van der Waals surface area contributed by atoms with Crippen LogP contribution in [0.2, 0.25) is 0 Å². The standard InChI is InChI=1S/C16H24N2O/c1-3-6-14(17)10-16(19)18-11-12(2)9-13-7-4-5-8-15(13)18/h4-5,7-8,12,14H,3,6,9-11,17H2,1-2H3. The van der Waals surface area contributed by atoms with Crippen LogP contribution in [0.4, 0.5) is 5.69 Å². The van der Waals surface area contributed by atoms with Crippen molar-refractivity contribution in [1.82, 2.24) is 0 Å². The van der Waals surface area contributed by atoms with Crippen LogP contribution >= 0.6 is 0 Å². The summed E-state index contributed by atoms with van der Waals surface area (Å²) >= 11 is 0. The van der Waals surface area contributed by atoms with Gasteiger partial charge >= 0.3 is 0 Å². The van der Waals surface area contributed by atoms with E-state index in [4.69, 9.17) is 5.73 Å². The van der Waals surface area contributed by atoms with Crippen LogP contribution in [-0.4, -0.2) is 18.5 Å². The first-order valence-electron chi connectivity index (χ1n) is 7.25. The average Bonchev–Trinajstić information content (AvgIpc) is 2.37. The topological polar surface area (TPSA) is 46.3 Å². The fourth-order valence-electron chi connectivity index (χ4n) is 2.84. The van der Waals surface area contributed by atoms with Crippen LogP contribution in [0.25, 0.3) is 0 Å². The van der Waals surface area contributed by atoms with E-state index in [1.54, 1.807) is 0 Å². The van der Waals surface area contributed by atoms with Crippen LogP contribution in [0.3, 0.4) is 0 Å². The van der Waals surface area contributed by atoms with Crippen molar-refractivity contribution in [3.05, 3.63) is 29.8 Å². The highest BCUT2D eigenvalue weighted by molar-refractivity contribution is 5.95. The molecule has 2 unspecified atom stereocenters. The number of carbonyl (C=O) groups excluding carboxylic acids is 1. The Morgan fingerprint density at radius 2 is 2.21 bits per heavy atom. The van der Waals surface area contributed by atoms with Gasteiger partial charge in [-0.05, 0) is 30.4 Å². The van der Waals surface area contributed by atoms with Crippen LogP contribution in [-0.2, 0) is 11.2 Å². The van der Waals surface area contributed by atoms with E-state index in [2.05, 4.69) is 19.9 Å². The van der Waals surface area contributed by atoms with Crippen LogP contribution in [0.1, 0.15) is 38.7 Å². The third kappa shape index (κ3) is 3.35. The minimum Gasteiger partial charge on any atom is -0.327 e. The molecule has 0 fully saturated rings. The maximum atomic E-state index is 12.4. The molecule has 3 heteroatoms. The zero-order valence-corrected chi connectivity index (χ0v) is 11.9. The minimum atomic E-state index is -0.0121. The normalized spacial score (nSPS) is 19.9. The maximum Gasteiger partial charge on any atom is 0.228 e. The van der Waals surface area contributed by atoms with Crippen LogP contribution in [0, 0.1) is 5.92 Å². The molecular formula is C16H24N2O. The van der Waals surface area contributed by atoms with E-state index in [1.807, 2.05) is 23.1 Å². The Labute approximate surface area is 115 Å². The van der Waals surface area contributed by atoms with Gasteiger partial charge in [0.15, 0.2) is 0 Å². The first-order valence-corrected chi connectivity index (χ1v) is 7.25. The molecule has 1 aliphatic heterocycles. The summed E-state index contributed by atoms with van der Waals surface area (Å²) in [6.45, 7) is 5.11. The second kappa shape index (κ2) is 6.20. The molecule has 3 nitrogen and oxygen atoms in total. The average molecular weight is 260 g/mol. The smallest absolute Gasteiger partial charge is 0.228 e. The third-order valence-corrected chi connectivity index (χ3v) is 3.74. The number of fused-ring (bicyclic) bond motifs is 1. The molecule has 1 aromatic rings. The van der Waals surface area contributed by atoms with Crippen molar-refractivity contribution in [2.24, 2.45) is 11.7 Å². The van der Waals surface area contributed by atoms with E-state index < -0.39 is 0 Å². The first kappa shape index (κ1) is 14.1. The highest BCUT2D eigenvalue weighted by Gasteiger charge is 2.26. The van der Waals surface area contributed by atoms with E-state index in [1.165, 1.54) is 5.56 Å². The van der Waals surface area contributed by atoms with E-state index in [-0.39, 0.29) is 11.9 Å². The molecule has 0 saturated carbocycles. The number of anilines is 1. The van der Waals surface area contributed by atoms with Gasteiger partial charge in [0.1, 0.15) is 0 Å². The lowest BCUT2D eigenvalue weighted by Gasteiger charge is -2.33. The zero-order valence-electron chi connectivity index (χ0n) is 11.9. The summed E-state index contributed by atoms with van der Waals surface area (Å²) < 4.78 is 0. The van der Waals surface area contributed by atoms with Gasteiger partial charge in [-0.15, -0.1) is 0 Å². The van der Waals surface area contributed by atoms with Crippen molar-refractivity contribution in [2.45, 2.75) is 45.6 Å². The number of nitrogens with zero attached hydrogens (tertiary/aromatic N) is 1. The molecule has 1 aromatic carbocycles. The quantitative estimate of drug-likeness (QED) is 0.904. The number of hydrogen-bond acceptors (Lipinski definition) is 2. The molecule has 104 valence electrons. The molecule has 0 bridgehead atoms. The van der Waals surface area contributed by atoms with Gasteiger partial charge in [0.25, 0.3) is 0 Å². The SMILES string of the molecule is CCCC(N)CC(=O)N1CC(C)Cc2ccccc21. The summed E-state index contributed by atoms with van der Waals surface area (Å²) in [6.07, 6.45) is 3.45. The van der Waals surface area contributed by atoms with Crippen molar-refractivity contribution >= 4 is 11.6 Å². The predicted octanol–water partition coefficient (Wildman–Crippen LogP) is 2.73. The number of carbonyl (C=O) groups is 1. The number of nitrogens with two attached hydrogens (primary N) is 1. The number of amides is 1. The van der Waals surface area contributed by atoms with Crippen molar-refractivity contribution in [2.75, 3.05) is 11.4 Å². The molecule has 0 saturated heterocycles. The summed E-state index contributed by atoms with van der Waals surface area (Å²) in [5, 5.41) is 0. The largest absolute Gasteiger partial charge is 0.327 e. The first-order chi connectivity index (χ1) is 9.11. The molecular weight excluding hydrogens is 236 g/mol. The van der Waals surface area contributed by atoms with Gasteiger partial charge in [-0.3, -0.25) is 4.79 Å². The molecule has 2 rings (SSSR count). The van der Waals surface area contributed by atoms with Gasteiger partial charge in [0, 0.05) is 24.7 Å². The molecule has 0 aromatic heterocycles. The van der Waals surface area contributed by atoms with Crippen molar-refractivity contribution in [3.8, 4) is 0 Å². The molecule has 0 spiro atoms. The Morgan fingerprint density at radius 3 is 2.95 bits per heavy atom.